The van der Waals surface area contributed by atoms with Crippen molar-refractivity contribution in [1.29, 1.82) is 0 Å². The van der Waals surface area contributed by atoms with Crippen LogP contribution in [0.4, 0.5) is 10.0 Å². The molecule has 2 aromatic heterocycles. The van der Waals surface area contributed by atoms with Gasteiger partial charge in [0.2, 0.25) is 6.79 Å². The number of rotatable bonds is 10. The molecule has 3 aromatic carbocycles. The van der Waals surface area contributed by atoms with Crippen molar-refractivity contribution in [2.24, 2.45) is 0 Å². The first kappa shape index (κ1) is 33.9. The zero-order valence-corrected chi connectivity index (χ0v) is 28.3. The Balaban J connectivity index is 0.000000198. The lowest BCUT2D eigenvalue weighted by Crippen LogP contribution is -2.08. The summed E-state index contributed by atoms with van der Waals surface area (Å²) < 4.78 is 37.0. The molecule has 0 spiro atoms. The second-order valence-corrected chi connectivity index (χ2v) is 11.9. The van der Waals surface area contributed by atoms with Crippen LogP contribution in [0.25, 0.3) is 22.3 Å². The summed E-state index contributed by atoms with van der Waals surface area (Å²) in [6.45, 7) is 2.42. The number of esters is 2. The van der Waals surface area contributed by atoms with Gasteiger partial charge in [0.15, 0.2) is 23.0 Å². The Morgan fingerprint density at radius 2 is 1.35 bits per heavy atom. The fourth-order valence-electron chi connectivity index (χ4n) is 4.85. The van der Waals surface area contributed by atoms with Crippen molar-refractivity contribution in [2.75, 3.05) is 46.2 Å². The molecule has 0 unspecified atom stereocenters. The van der Waals surface area contributed by atoms with Gasteiger partial charge in [-0.1, -0.05) is 24.3 Å². The van der Waals surface area contributed by atoms with E-state index in [1.54, 1.807) is 40.4 Å². The van der Waals surface area contributed by atoms with Crippen molar-refractivity contribution in [3.8, 4) is 51.0 Å². The lowest BCUT2D eigenvalue weighted by molar-refractivity contribution is 0.0473. The van der Waals surface area contributed by atoms with E-state index in [4.69, 9.17) is 44.6 Å². The zero-order valence-electron chi connectivity index (χ0n) is 26.7. The summed E-state index contributed by atoms with van der Waals surface area (Å²) in [5, 5.41) is 4.54. The molecule has 0 atom stereocenters. The first-order valence-corrected chi connectivity index (χ1v) is 16.4. The standard InChI is InChI=1S/C21H21NO5S.C14H13NO4S/c1-24-15-6-4-5-13(9-15)11-27-21(23)19-16(12-28-20(19)22)14-7-8-17(25-2)18(10-14)26-3;1-2-17-14(16)12-9(6-20-13(12)15)8-3-4-10-11(5-8)19-7-18-10/h4-10,12H,11,22H2,1-3H3;3-6H,2,7,15H2,1H3. The first-order valence-electron chi connectivity index (χ1n) is 14.6. The van der Waals surface area contributed by atoms with Gasteiger partial charge in [0.25, 0.3) is 0 Å². The Labute approximate surface area is 285 Å². The first-order chi connectivity index (χ1) is 23.3. The third kappa shape index (κ3) is 7.42. The number of nitrogen functional groups attached to an aromatic ring is 2. The quantitative estimate of drug-likeness (QED) is 0.142. The number of carbonyl (C=O) groups is 2. The molecule has 11 nitrogen and oxygen atoms in total. The van der Waals surface area contributed by atoms with Crippen LogP contribution in [0.5, 0.6) is 28.7 Å². The molecular weight excluding hydrogens is 657 g/mol. The van der Waals surface area contributed by atoms with E-state index in [1.807, 2.05) is 59.3 Å². The summed E-state index contributed by atoms with van der Waals surface area (Å²) in [6.07, 6.45) is 0. The zero-order chi connectivity index (χ0) is 34.2. The number of methoxy groups -OCH3 is 3. The summed E-state index contributed by atoms with van der Waals surface area (Å²) in [6, 6.07) is 18.3. The van der Waals surface area contributed by atoms with Gasteiger partial charge in [0.05, 0.1) is 27.9 Å². The third-order valence-electron chi connectivity index (χ3n) is 7.20. The second kappa shape index (κ2) is 15.5. The summed E-state index contributed by atoms with van der Waals surface area (Å²) in [5.41, 5.74) is 16.6. The Morgan fingerprint density at radius 1 is 0.729 bits per heavy atom. The Hall–Kier alpha value is -5.40. The molecule has 0 bridgehead atoms. The van der Waals surface area contributed by atoms with Crippen LogP contribution in [0.3, 0.4) is 0 Å². The van der Waals surface area contributed by atoms with Gasteiger partial charge >= 0.3 is 11.9 Å². The van der Waals surface area contributed by atoms with Crippen LogP contribution in [-0.4, -0.2) is 46.7 Å². The molecule has 0 amide bonds. The van der Waals surface area contributed by atoms with Crippen LogP contribution in [0.15, 0.2) is 71.4 Å². The van der Waals surface area contributed by atoms with Gasteiger partial charge in [0, 0.05) is 21.9 Å². The van der Waals surface area contributed by atoms with Gasteiger partial charge in [-0.3, -0.25) is 0 Å². The molecule has 0 fully saturated rings. The van der Waals surface area contributed by atoms with Crippen molar-refractivity contribution in [1.82, 2.24) is 0 Å². The number of carbonyl (C=O) groups excluding carboxylic acids is 2. The van der Waals surface area contributed by atoms with Crippen LogP contribution in [-0.2, 0) is 16.1 Å². The molecule has 48 heavy (non-hydrogen) atoms. The monoisotopic (exact) mass is 690 g/mol. The van der Waals surface area contributed by atoms with E-state index in [-0.39, 0.29) is 13.4 Å². The highest BCUT2D eigenvalue weighted by Gasteiger charge is 2.23. The molecule has 4 N–H and O–H groups in total. The van der Waals surface area contributed by atoms with Crippen molar-refractivity contribution < 1.29 is 42.7 Å². The molecule has 0 aliphatic carbocycles. The molecular formula is C35H34N2O9S2. The van der Waals surface area contributed by atoms with Crippen LogP contribution in [0, 0.1) is 0 Å². The molecule has 13 heteroatoms. The van der Waals surface area contributed by atoms with E-state index in [0.29, 0.717) is 62.0 Å². The largest absolute Gasteiger partial charge is 0.497 e. The van der Waals surface area contributed by atoms with Gasteiger partial charge in [-0.05, 0) is 60.0 Å². The highest BCUT2D eigenvalue weighted by atomic mass is 32.1. The van der Waals surface area contributed by atoms with Gasteiger partial charge in [-0.2, -0.15) is 0 Å². The number of nitrogens with two attached hydrogens (primary N) is 2. The number of fused-ring (bicyclic) bond motifs is 1. The van der Waals surface area contributed by atoms with Crippen molar-refractivity contribution >= 4 is 44.6 Å². The van der Waals surface area contributed by atoms with Crippen LogP contribution in [0.2, 0.25) is 0 Å². The molecule has 6 rings (SSSR count). The number of ether oxygens (including phenoxy) is 7. The Kier molecular flexibility index (Phi) is 10.9. The number of hydrogen-bond donors (Lipinski definition) is 2. The van der Waals surface area contributed by atoms with Gasteiger partial charge in [0.1, 0.15) is 33.5 Å². The highest BCUT2D eigenvalue weighted by molar-refractivity contribution is 7.15. The summed E-state index contributed by atoms with van der Waals surface area (Å²) in [7, 11) is 4.72. The minimum absolute atomic E-state index is 0.122. The molecule has 5 aromatic rings. The maximum atomic E-state index is 12.7. The highest BCUT2D eigenvalue weighted by Crippen LogP contribution is 2.41. The van der Waals surface area contributed by atoms with Crippen LogP contribution < -0.4 is 35.2 Å². The SMILES string of the molecule is CCOC(=O)c1c(-c2ccc3c(c2)OCO3)csc1N.COc1cccc(COC(=O)c2c(-c3ccc(OC)c(OC)c3)csc2N)c1. The molecule has 1 aliphatic rings. The maximum absolute atomic E-state index is 12.7. The van der Waals surface area contributed by atoms with Gasteiger partial charge < -0.3 is 44.6 Å². The van der Waals surface area contributed by atoms with E-state index >= 15 is 0 Å². The predicted molar refractivity (Wildman–Crippen MR) is 186 cm³/mol. The maximum Gasteiger partial charge on any atom is 0.342 e. The topological polar surface area (TPSA) is 151 Å². The lowest BCUT2D eigenvalue weighted by Gasteiger charge is -2.11. The molecule has 0 saturated carbocycles. The molecule has 250 valence electrons. The Bertz CT molecular complexity index is 1920. The fraction of sp³-hybridized carbons (Fsp3) is 0.200. The molecule has 0 saturated heterocycles. The lowest BCUT2D eigenvalue weighted by atomic mass is 10.0. The van der Waals surface area contributed by atoms with E-state index in [0.717, 1.165) is 22.3 Å². The summed E-state index contributed by atoms with van der Waals surface area (Å²) >= 11 is 2.61. The smallest absolute Gasteiger partial charge is 0.342 e. The minimum atomic E-state index is -0.480. The molecule has 0 radical (unpaired) electrons. The average molecular weight is 691 g/mol. The van der Waals surface area contributed by atoms with Gasteiger partial charge in [-0.15, -0.1) is 22.7 Å². The number of benzene rings is 3. The van der Waals surface area contributed by atoms with Crippen molar-refractivity contribution in [2.45, 2.75) is 13.5 Å². The van der Waals surface area contributed by atoms with Crippen molar-refractivity contribution in [3.05, 3.63) is 88.1 Å². The van der Waals surface area contributed by atoms with E-state index in [9.17, 15) is 9.59 Å². The fourth-order valence-corrected chi connectivity index (χ4v) is 6.47. The number of anilines is 2. The third-order valence-corrected chi connectivity index (χ3v) is 8.83. The van der Waals surface area contributed by atoms with E-state index in [2.05, 4.69) is 0 Å². The van der Waals surface area contributed by atoms with E-state index in [1.165, 1.54) is 22.7 Å². The average Bonchev–Trinajstić information content (AvgIpc) is 3.85. The normalized spacial score (nSPS) is 11.2. The predicted octanol–water partition coefficient (Wildman–Crippen LogP) is 7.28. The molecule has 1 aliphatic heterocycles. The Morgan fingerprint density at radius 3 is 2.00 bits per heavy atom. The van der Waals surface area contributed by atoms with Crippen molar-refractivity contribution in [3.63, 3.8) is 0 Å². The number of hydrogen-bond acceptors (Lipinski definition) is 13. The number of thiophene rings is 2. The van der Waals surface area contributed by atoms with Crippen LogP contribution in [0.1, 0.15) is 33.2 Å². The minimum Gasteiger partial charge on any atom is -0.497 e. The van der Waals surface area contributed by atoms with E-state index < -0.39 is 11.9 Å². The molecule has 3 heterocycles. The summed E-state index contributed by atoms with van der Waals surface area (Å²) in [5.74, 6) is 2.37. The van der Waals surface area contributed by atoms with Crippen LogP contribution >= 0.6 is 22.7 Å². The van der Waals surface area contributed by atoms with Gasteiger partial charge in [-0.25, -0.2) is 9.59 Å². The summed E-state index contributed by atoms with van der Waals surface area (Å²) in [4.78, 5) is 24.7. The second-order valence-electron chi connectivity index (χ2n) is 10.1.